The van der Waals surface area contributed by atoms with Gasteiger partial charge in [-0.2, -0.15) is 5.10 Å². The second-order valence-corrected chi connectivity index (χ2v) is 9.33. The van der Waals surface area contributed by atoms with Gasteiger partial charge < -0.3 is 0 Å². The number of halogens is 1. The Kier molecular flexibility index (Phi) is 6.75. The summed E-state index contributed by atoms with van der Waals surface area (Å²) in [4.78, 5) is 13.2. The first kappa shape index (κ1) is 19.6. The molecule has 25 heavy (non-hydrogen) atoms. The van der Waals surface area contributed by atoms with Gasteiger partial charge in [0.15, 0.2) is 9.84 Å². The molecule has 0 radical (unpaired) electrons. The Morgan fingerprint density at radius 2 is 1.88 bits per heavy atom. The van der Waals surface area contributed by atoms with Crippen molar-refractivity contribution < 1.29 is 13.2 Å². The average Bonchev–Trinajstić information content (AvgIpc) is 2.95. The molecule has 0 spiro atoms. The maximum absolute atomic E-state index is 11.7. The van der Waals surface area contributed by atoms with Crippen LogP contribution in [0.25, 0.3) is 0 Å². The highest BCUT2D eigenvalue weighted by Crippen LogP contribution is 2.23. The molecule has 2 rings (SSSR count). The maximum atomic E-state index is 11.7. The van der Waals surface area contributed by atoms with Crippen molar-refractivity contribution in [3.8, 4) is 0 Å². The number of amides is 1. The molecule has 134 valence electrons. The van der Waals surface area contributed by atoms with Crippen LogP contribution in [-0.2, 0) is 20.4 Å². The number of benzene rings is 1. The third kappa shape index (κ3) is 6.26. The zero-order chi connectivity index (χ0) is 18.4. The summed E-state index contributed by atoms with van der Waals surface area (Å²) in [5, 5.41) is 4.86. The number of sulfone groups is 1. The minimum Gasteiger partial charge on any atom is -0.273 e. The Morgan fingerprint density at radius 1 is 1.20 bits per heavy atom. The molecule has 1 amide bonds. The molecule has 0 bridgehead atoms. The van der Waals surface area contributed by atoms with E-state index in [1.807, 2.05) is 25.1 Å². The van der Waals surface area contributed by atoms with Crippen LogP contribution in [-0.4, -0.2) is 26.3 Å². The van der Waals surface area contributed by atoms with E-state index in [0.29, 0.717) is 17.2 Å². The summed E-state index contributed by atoms with van der Waals surface area (Å²) in [5.41, 5.74) is 3.92. The number of hydrogen-bond donors (Lipinski definition) is 1. The Hall–Kier alpha value is -1.70. The van der Waals surface area contributed by atoms with Crippen LogP contribution in [0.3, 0.4) is 0 Å². The summed E-state index contributed by atoms with van der Waals surface area (Å²) < 4.78 is 23.0. The van der Waals surface area contributed by atoms with Crippen molar-refractivity contribution >= 4 is 44.4 Å². The molecule has 0 aliphatic carbocycles. The van der Waals surface area contributed by atoms with E-state index in [4.69, 9.17) is 11.6 Å². The van der Waals surface area contributed by atoms with Crippen molar-refractivity contribution in [3.63, 3.8) is 0 Å². The average molecular weight is 399 g/mol. The first-order chi connectivity index (χ1) is 11.8. The smallest absolute Gasteiger partial charge is 0.240 e. The summed E-state index contributed by atoms with van der Waals surface area (Å²) in [6.07, 6.45) is 2.32. The standard InChI is InChI=1S/C17H19ClN2O3S2/c1-3-4-16(21)19-20-17(12-5-7-13(18)8-6-12)15-10-9-14(24-15)11-25(2,22)23/h5-10H,3-4,11H2,1-2H3,(H,19,21). The van der Waals surface area contributed by atoms with Crippen LogP contribution >= 0.6 is 22.9 Å². The molecule has 0 saturated heterocycles. The molecule has 0 unspecified atom stereocenters. The second kappa shape index (κ2) is 8.60. The lowest BCUT2D eigenvalue weighted by molar-refractivity contribution is -0.121. The molecule has 1 aromatic carbocycles. The van der Waals surface area contributed by atoms with Gasteiger partial charge in [0.1, 0.15) is 5.71 Å². The van der Waals surface area contributed by atoms with Crippen LogP contribution in [0, 0.1) is 0 Å². The fourth-order valence-corrected chi connectivity index (χ4v) is 4.54. The predicted octanol–water partition coefficient (Wildman–Crippen LogP) is 3.61. The lowest BCUT2D eigenvalue weighted by atomic mass is 10.1. The third-order valence-corrected chi connectivity index (χ3v) is 5.55. The van der Waals surface area contributed by atoms with E-state index in [9.17, 15) is 13.2 Å². The van der Waals surface area contributed by atoms with Gasteiger partial charge >= 0.3 is 0 Å². The Morgan fingerprint density at radius 3 is 2.48 bits per heavy atom. The van der Waals surface area contributed by atoms with Gasteiger partial charge in [-0.1, -0.05) is 30.7 Å². The van der Waals surface area contributed by atoms with Crippen molar-refractivity contribution in [2.75, 3.05) is 6.26 Å². The minimum absolute atomic E-state index is 0.0201. The van der Waals surface area contributed by atoms with Crippen LogP contribution in [0.5, 0.6) is 0 Å². The Balaban J connectivity index is 2.36. The zero-order valence-electron chi connectivity index (χ0n) is 14.0. The van der Waals surface area contributed by atoms with E-state index < -0.39 is 9.84 Å². The van der Waals surface area contributed by atoms with E-state index >= 15 is 0 Å². The van der Waals surface area contributed by atoms with Crippen molar-refractivity contribution in [3.05, 3.63) is 56.7 Å². The number of hydrogen-bond acceptors (Lipinski definition) is 5. The van der Waals surface area contributed by atoms with Gasteiger partial charge in [0.2, 0.25) is 5.91 Å². The summed E-state index contributed by atoms with van der Waals surface area (Å²) >= 11 is 7.27. The van der Waals surface area contributed by atoms with Crippen LogP contribution in [0.15, 0.2) is 41.5 Å². The van der Waals surface area contributed by atoms with Gasteiger partial charge in [0, 0.05) is 28.1 Å². The van der Waals surface area contributed by atoms with Crippen molar-refractivity contribution in [2.45, 2.75) is 25.5 Å². The van der Waals surface area contributed by atoms with Crippen LogP contribution in [0.1, 0.15) is 35.1 Å². The molecule has 0 atom stereocenters. The molecule has 1 heterocycles. The van der Waals surface area contributed by atoms with E-state index in [-0.39, 0.29) is 11.7 Å². The highest BCUT2D eigenvalue weighted by molar-refractivity contribution is 7.90. The molecule has 0 saturated carbocycles. The second-order valence-electron chi connectivity index (χ2n) is 5.59. The summed E-state index contributed by atoms with van der Waals surface area (Å²) in [7, 11) is -3.11. The van der Waals surface area contributed by atoms with E-state index in [2.05, 4.69) is 10.5 Å². The monoisotopic (exact) mass is 398 g/mol. The minimum atomic E-state index is -3.11. The molecule has 1 N–H and O–H groups in total. The lowest BCUT2D eigenvalue weighted by Crippen LogP contribution is -2.19. The Bertz CT molecular complexity index is 872. The summed E-state index contributed by atoms with van der Waals surface area (Å²) in [6.45, 7) is 1.92. The fraction of sp³-hybridized carbons (Fsp3) is 0.294. The first-order valence-corrected chi connectivity index (χ1v) is 10.9. The van der Waals surface area contributed by atoms with Gasteiger partial charge in [-0.3, -0.25) is 4.79 Å². The number of thiophene rings is 1. The van der Waals surface area contributed by atoms with Gasteiger partial charge in [0.25, 0.3) is 0 Å². The van der Waals surface area contributed by atoms with Gasteiger partial charge in [-0.05, 0) is 30.7 Å². The van der Waals surface area contributed by atoms with Gasteiger partial charge in [0.05, 0.1) is 10.6 Å². The predicted molar refractivity (Wildman–Crippen MR) is 103 cm³/mol. The lowest BCUT2D eigenvalue weighted by Gasteiger charge is -2.06. The SMILES string of the molecule is CCCC(=O)NN=C(c1ccc(Cl)cc1)c1ccc(CS(C)(=O)=O)s1. The molecular formula is C17H19ClN2O3S2. The van der Waals surface area contributed by atoms with E-state index in [1.165, 1.54) is 17.6 Å². The summed E-state index contributed by atoms with van der Waals surface area (Å²) in [6, 6.07) is 10.7. The molecule has 0 aliphatic heterocycles. The van der Waals surface area contributed by atoms with Crippen molar-refractivity contribution in [2.24, 2.45) is 5.10 Å². The third-order valence-electron chi connectivity index (χ3n) is 3.19. The highest BCUT2D eigenvalue weighted by atomic mass is 35.5. The quantitative estimate of drug-likeness (QED) is 0.571. The topological polar surface area (TPSA) is 75.6 Å². The number of carbonyl (C=O) groups excluding carboxylic acids is 1. The number of nitrogens with zero attached hydrogens (tertiary/aromatic N) is 1. The summed E-state index contributed by atoms with van der Waals surface area (Å²) in [5.74, 6) is -0.185. The molecule has 2 aromatic rings. The van der Waals surface area contributed by atoms with Gasteiger partial charge in [-0.15, -0.1) is 11.3 Å². The first-order valence-electron chi connectivity index (χ1n) is 7.68. The largest absolute Gasteiger partial charge is 0.273 e. The molecule has 0 aliphatic rings. The number of carbonyl (C=O) groups is 1. The van der Waals surface area contributed by atoms with Crippen molar-refractivity contribution in [1.82, 2.24) is 5.43 Å². The van der Waals surface area contributed by atoms with Gasteiger partial charge in [-0.25, -0.2) is 13.8 Å². The number of hydrazone groups is 1. The van der Waals surface area contributed by atoms with Crippen LogP contribution in [0.2, 0.25) is 5.02 Å². The van der Waals surface area contributed by atoms with Crippen molar-refractivity contribution in [1.29, 1.82) is 0 Å². The molecular weight excluding hydrogens is 380 g/mol. The zero-order valence-corrected chi connectivity index (χ0v) is 16.3. The molecule has 5 nitrogen and oxygen atoms in total. The van der Waals surface area contributed by atoms with E-state index in [1.54, 1.807) is 18.2 Å². The van der Waals surface area contributed by atoms with E-state index in [0.717, 1.165) is 21.7 Å². The Labute approximate surface area is 156 Å². The number of rotatable bonds is 7. The maximum Gasteiger partial charge on any atom is 0.240 e. The number of nitrogens with one attached hydrogen (secondary N) is 1. The molecule has 0 fully saturated rings. The molecule has 8 heteroatoms. The van der Waals surface area contributed by atoms with Crippen LogP contribution in [0.4, 0.5) is 0 Å². The normalized spacial score (nSPS) is 12.2. The van der Waals surface area contributed by atoms with Crippen LogP contribution < -0.4 is 5.43 Å². The fourth-order valence-electron chi connectivity index (χ4n) is 2.11. The molecule has 1 aromatic heterocycles. The highest BCUT2D eigenvalue weighted by Gasteiger charge is 2.14.